The van der Waals surface area contributed by atoms with Gasteiger partial charge >= 0.3 is 0 Å². The highest BCUT2D eigenvalue weighted by atomic mass is 15.0. The van der Waals surface area contributed by atoms with Crippen LogP contribution in [0.5, 0.6) is 0 Å². The predicted octanol–water partition coefficient (Wildman–Crippen LogP) is 2.64. The minimum Gasteiger partial charge on any atom is -0.337 e. The quantitative estimate of drug-likeness (QED) is 0.657. The van der Waals surface area contributed by atoms with Crippen LogP contribution in [-0.2, 0) is 13.0 Å². The Morgan fingerprint density at radius 2 is 2.17 bits per heavy atom. The molecule has 0 aliphatic carbocycles. The number of unbranched alkanes of at least 4 members (excludes halogenated alkanes) is 1. The van der Waals surface area contributed by atoms with E-state index in [-0.39, 0.29) is 0 Å². The average molecular weight is 166 g/mol. The van der Waals surface area contributed by atoms with Crippen molar-refractivity contribution in [3.05, 3.63) is 18.2 Å². The van der Waals surface area contributed by atoms with Crippen molar-refractivity contribution < 1.29 is 0 Å². The van der Waals surface area contributed by atoms with Crippen LogP contribution in [0.25, 0.3) is 0 Å². The van der Waals surface area contributed by atoms with Crippen LogP contribution in [0.1, 0.15) is 38.8 Å². The molecule has 1 aromatic rings. The molecule has 0 radical (unpaired) electrons. The van der Waals surface area contributed by atoms with Crippen molar-refractivity contribution >= 4 is 0 Å². The van der Waals surface area contributed by atoms with Gasteiger partial charge in [-0.15, -0.1) is 0 Å². The minimum atomic E-state index is 1.10. The zero-order chi connectivity index (χ0) is 8.81. The van der Waals surface area contributed by atoms with Gasteiger partial charge in [0, 0.05) is 12.7 Å². The van der Waals surface area contributed by atoms with Gasteiger partial charge in [-0.2, -0.15) is 0 Å². The standard InChI is InChI=1S/C10H18N2/c1-3-5-6-10-8-12(7-4-2)9-11-10/h8-9H,3-7H2,1-2H3. The zero-order valence-electron chi connectivity index (χ0n) is 8.08. The molecule has 0 bridgehead atoms. The van der Waals surface area contributed by atoms with E-state index in [0.717, 1.165) is 13.0 Å². The highest BCUT2D eigenvalue weighted by molar-refractivity contribution is 4.96. The summed E-state index contributed by atoms with van der Waals surface area (Å²) in [6.45, 7) is 5.49. The molecule has 0 aromatic carbocycles. The molecule has 0 fully saturated rings. The SMILES string of the molecule is CCCCc1cn(CCC)cn1. The first-order valence-electron chi connectivity index (χ1n) is 4.87. The molecule has 0 amide bonds. The number of hydrogen-bond donors (Lipinski definition) is 0. The molecule has 1 rings (SSSR count). The van der Waals surface area contributed by atoms with Crippen molar-refractivity contribution in [2.24, 2.45) is 0 Å². The van der Waals surface area contributed by atoms with E-state index >= 15 is 0 Å². The second-order valence-electron chi connectivity index (χ2n) is 3.21. The van der Waals surface area contributed by atoms with Crippen LogP contribution in [0.4, 0.5) is 0 Å². The molecule has 0 aliphatic heterocycles. The second-order valence-corrected chi connectivity index (χ2v) is 3.21. The molecule has 68 valence electrons. The Morgan fingerprint density at radius 3 is 2.83 bits per heavy atom. The fourth-order valence-electron chi connectivity index (χ4n) is 1.27. The van der Waals surface area contributed by atoms with Crippen LogP contribution >= 0.6 is 0 Å². The molecule has 1 aromatic heterocycles. The fraction of sp³-hybridized carbons (Fsp3) is 0.700. The smallest absolute Gasteiger partial charge is 0.0949 e. The van der Waals surface area contributed by atoms with Crippen LogP contribution in [0.2, 0.25) is 0 Å². The summed E-state index contributed by atoms with van der Waals surface area (Å²) in [7, 11) is 0. The number of imidazole rings is 1. The Labute approximate surface area is 74.6 Å². The van der Waals surface area contributed by atoms with Crippen LogP contribution in [0, 0.1) is 0 Å². The van der Waals surface area contributed by atoms with Gasteiger partial charge in [-0.05, 0) is 19.3 Å². The van der Waals surface area contributed by atoms with E-state index in [4.69, 9.17) is 0 Å². The van der Waals surface area contributed by atoms with Crippen molar-refractivity contribution in [1.29, 1.82) is 0 Å². The Morgan fingerprint density at radius 1 is 1.33 bits per heavy atom. The van der Waals surface area contributed by atoms with E-state index in [1.807, 2.05) is 6.33 Å². The summed E-state index contributed by atoms with van der Waals surface area (Å²) in [6, 6.07) is 0. The Bertz CT molecular complexity index is 215. The monoisotopic (exact) mass is 166 g/mol. The van der Waals surface area contributed by atoms with Crippen molar-refractivity contribution in [1.82, 2.24) is 9.55 Å². The number of nitrogens with zero attached hydrogens (tertiary/aromatic N) is 2. The third kappa shape index (κ3) is 2.68. The molecule has 0 aliphatic rings. The summed E-state index contributed by atoms with van der Waals surface area (Å²) in [4.78, 5) is 4.34. The van der Waals surface area contributed by atoms with Crippen LogP contribution in [0.15, 0.2) is 12.5 Å². The molecular formula is C10H18N2. The largest absolute Gasteiger partial charge is 0.337 e. The second kappa shape index (κ2) is 4.96. The van der Waals surface area contributed by atoms with E-state index in [0.29, 0.717) is 0 Å². The molecule has 2 nitrogen and oxygen atoms in total. The number of rotatable bonds is 5. The van der Waals surface area contributed by atoms with E-state index in [1.54, 1.807) is 0 Å². The lowest BCUT2D eigenvalue weighted by Crippen LogP contribution is -1.91. The number of aryl methyl sites for hydroxylation is 2. The first kappa shape index (κ1) is 9.30. The zero-order valence-corrected chi connectivity index (χ0v) is 8.08. The van der Waals surface area contributed by atoms with Gasteiger partial charge in [0.1, 0.15) is 0 Å². The number of aromatic nitrogens is 2. The average Bonchev–Trinajstić information content (AvgIpc) is 2.50. The van der Waals surface area contributed by atoms with Gasteiger partial charge in [0.2, 0.25) is 0 Å². The molecule has 2 heteroatoms. The lowest BCUT2D eigenvalue weighted by molar-refractivity contribution is 0.677. The van der Waals surface area contributed by atoms with E-state index in [1.165, 1.54) is 25.0 Å². The Hall–Kier alpha value is -0.790. The highest BCUT2D eigenvalue weighted by Gasteiger charge is 1.96. The molecular weight excluding hydrogens is 148 g/mol. The first-order valence-corrected chi connectivity index (χ1v) is 4.87. The van der Waals surface area contributed by atoms with E-state index in [9.17, 15) is 0 Å². The molecule has 1 heterocycles. The topological polar surface area (TPSA) is 17.8 Å². The van der Waals surface area contributed by atoms with Gasteiger partial charge in [0.05, 0.1) is 12.0 Å². The molecule has 0 saturated heterocycles. The third-order valence-corrected chi connectivity index (χ3v) is 1.95. The third-order valence-electron chi connectivity index (χ3n) is 1.95. The predicted molar refractivity (Wildman–Crippen MR) is 51.1 cm³/mol. The van der Waals surface area contributed by atoms with E-state index < -0.39 is 0 Å². The van der Waals surface area contributed by atoms with Gasteiger partial charge in [-0.3, -0.25) is 0 Å². The molecule has 12 heavy (non-hydrogen) atoms. The van der Waals surface area contributed by atoms with Crippen molar-refractivity contribution in [2.75, 3.05) is 0 Å². The lowest BCUT2D eigenvalue weighted by Gasteiger charge is -1.95. The van der Waals surface area contributed by atoms with Crippen molar-refractivity contribution in [3.8, 4) is 0 Å². The summed E-state index contributed by atoms with van der Waals surface area (Å²) in [5.41, 5.74) is 1.24. The molecule has 0 spiro atoms. The van der Waals surface area contributed by atoms with Crippen molar-refractivity contribution in [3.63, 3.8) is 0 Å². The van der Waals surface area contributed by atoms with Crippen molar-refractivity contribution in [2.45, 2.75) is 46.1 Å². The van der Waals surface area contributed by atoms with Gasteiger partial charge in [-0.1, -0.05) is 20.3 Å². The summed E-state index contributed by atoms with van der Waals surface area (Å²) in [5, 5.41) is 0. The maximum Gasteiger partial charge on any atom is 0.0949 e. The molecule has 0 saturated carbocycles. The highest BCUT2D eigenvalue weighted by Crippen LogP contribution is 2.02. The molecule has 0 atom stereocenters. The summed E-state index contributed by atoms with van der Waals surface area (Å²) in [6.07, 6.45) is 8.92. The minimum absolute atomic E-state index is 1.10. The summed E-state index contributed by atoms with van der Waals surface area (Å²) < 4.78 is 2.17. The van der Waals surface area contributed by atoms with Crippen LogP contribution in [0.3, 0.4) is 0 Å². The van der Waals surface area contributed by atoms with Gasteiger partial charge in [0.15, 0.2) is 0 Å². The van der Waals surface area contributed by atoms with E-state index in [2.05, 4.69) is 29.6 Å². The fourth-order valence-corrected chi connectivity index (χ4v) is 1.27. The normalized spacial score (nSPS) is 10.5. The summed E-state index contributed by atoms with van der Waals surface area (Å²) >= 11 is 0. The number of hydrogen-bond acceptors (Lipinski definition) is 1. The van der Waals surface area contributed by atoms with Gasteiger partial charge in [0.25, 0.3) is 0 Å². The van der Waals surface area contributed by atoms with Gasteiger partial charge in [-0.25, -0.2) is 4.98 Å². The first-order chi connectivity index (χ1) is 5.86. The molecule has 0 N–H and O–H groups in total. The Kier molecular flexibility index (Phi) is 3.85. The van der Waals surface area contributed by atoms with Crippen LogP contribution in [-0.4, -0.2) is 9.55 Å². The lowest BCUT2D eigenvalue weighted by atomic mass is 10.2. The Balaban J connectivity index is 2.41. The summed E-state index contributed by atoms with van der Waals surface area (Å²) in [5.74, 6) is 0. The molecule has 0 unspecified atom stereocenters. The maximum absolute atomic E-state index is 4.34. The maximum atomic E-state index is 4.34. The van der Waals surface area contributed by atoms with Crippen LogP contribution < -0.4 is 0 Å². The van der Waals surface area contributed by atoms with Gasteiger partial charge < -0.3 is 4.57 Å².